The molecule has 0 amide bonds. The zero-order valence-electron chi connectivity index (χ0n) is 10.2. The Labute approximate surface area is 100 Å². The second-order valence-corrected chi connectivity index (χ2v) is 4.28. The van der Waals surface area contributed by atoms with Crippen molar-refractivity contribution < 1.29 is 14.3 Å². The third-order valence-corrected chi connectivity index (χ3v) is 3.10. The summed E-state index contributed by atoms with van der Waals surface area (Å²) in [4.78, 5) is 14.4. The predicted octanol–water partition coefficient (Wildman–Crippen LogP) is 2.34. The quantitative estimate of drug-likeness (QED) is 0.592. The molecule has 1 aliphatic carbocycles. The largest absolute Gasteiger partial charge is 0.496 e. The molecule has 0 heterocycles. The number of carbonyl (C=O) groups excluding carboxylic acids is 1. The standard InChI is InChI=1S/C13H15NO3/c1-9-6-10(16-2)12(11(7-9)17-3)13(4-5-13)14-8-15/h6-7H,4-5H2,1-3H3. The van der Waals surface area contributed by atoms with E-state index in [-0.39, 0.29) is 0 Å². The Kier molecular flexibility index (Phi) is 2.90. The van der Waals surface area contributed by atoms with Gasteiger partial charge in [-0.25, -0.2) is 4.79 Å². The molecule has 0 aromatic heterocycles. The number of isocyanates is 1. The Morgan fingerprint density at radius 3 is 2.12 bits per heavy atom. The number of rotatable bonds is 4. The van der Waals surface area contributed by atoms with Gasteiger partial charge in [-0.2, -0.15) is 4.99 Å². The van der Waals surface area contributed by atoms with Gasteiger partial charge >= 0.3 is 0 Å². The number of benzene rings is 1. The Balaban J connectivity index is 2.62. The van der Waals surface area contributed by atoms with Crippen molar-refractivity contribution in [3.05, 3.63) is 23.3 Å². The van der Waals surface area contributed by atoms with Crippen LogP contribution in [0.1, 0.15) is 24.0 Å². The maximum atomic E-state index is 10.5. The highest BCUT2D eigenvalue weighted by Crippen LogP contribution is 2.55. The third kappa shape index (κ3) is 1.92. The number of ether oxygens (including phenoxy) is 2. The first-order chi connectivity index (χ1) is 8.16. The van der Waals surface area contributed by atoms with Crippen LogP contribution in [-0.2, 0) is 10.3 Å². The summed E-state index contributed by atoms with van der Waals surface area (Å²) in [5.74, 6) is 1.44. The first-order valence-electron chi connectivity index (χ1n) is 5.49. The van der Waals surface area contributed by atoms with Gasteiger partial charge in [-0.3, -0.25) is 0 Å². The first kappa shape index (κ1) is 11.7. The highest BCUT2D eigenvalue weighted by Gasteiger charge is 2.49. The fraction of sp³-hybridized carbons (Fsp3) is 0.462. The van der Waals surface area contributed by atoms with Crippen molar-refractivity contribution in [2.45, 2.75) is 25.3 Å². The molecule has 17 heavy (non-hydrogen) atoms. The van der Waals surface area contributed by atoms with Crippen LogP contribution in [-0.4, -0.2) is 20.3 Å². The van der Waals surface area contributed by atoms with Crippen LogP contribution >= 0.6 is 0 Å². The number of aryl methyl sites for hydroxylation is 1. The summed E-state index contributed by atoms with van der Waals surface area (Å²) >= 11 is 0. The lowest BCUT2D eigenvalue weighted by molar-refractivity contribution is 0.376. The molecule has 1 aromatic rings. The summed E-state index contributed by atoms with van der Waals surface area (Å²) in [6.07, 6.45) is 3.31. The van der Waals surface area contributed by atoms with E-state index in [1.807, 2.05) is 19.1 Å². The number of aliphatic imine (C=N–C) groups is 1. The second-order valence-electron chi connectivity index (χ2n) is 4.28. The van der Waals surface area contributed by atoms with Crippen molar-refractivity contribution in [3.8, 4) is 11.5 Å². The Bertz CT molecular complexity index is 460. The average molecular weight is 233 g/mol. The minimum absolute atomic E-state index is 0.480. The second kappa shape index (κ2) is 4.22. The van der Waals surface area contributed by atoms with Crippen LogP contribution in [0.3, 0.4) is 0 Å². The summed E-state index contributed by atoms with van der Waals surface area (Å²) < 4.78 is 10.7. The van der Waals surface area contributed by atoms with Gasteiger partial charge in [0.2, 0.25) is 6.08 Å². The topological polar surface area (TPSA) is 47.9 Å². The lowest BCUT2D eigenvalue weighted by atomic mass is 10.0. The number of hydrogen-bond acceptors (Lipinski definition) is 4. The monoisotopic (exact) mass is 233 g/mol. The van der Waals surface area contributed by atoms with E-state index >= 15 is 0 Å². The van der Waals surface area contributed by atoms with Crippen molar-refractivity contribution >= 4 is 6.08 Å². The molecule has 4 nitrogen and oxygen atoms in total. The van der Waals surface area contributed by atoms with Crippen molar-refractivity contribution in [1.29, 1.82) is 0 Å². The fourth-order valence-electron chi connectivity index (χ4n) is 2.13. The van der Waals surface area contributed by atoms with E-state index < -0.39 is 5.54 Å². The van der Waals surface area contributed by atoms with Gasteiger partial charge < -0.3 is 9.47 Å². The van der Waals surface area contributed by atoms with Gasteiger partial charge in [-0.15, -0.1) is 0 Å². The molecule has 0 radical (unpaired) electrons. The average Bonchev–Trinajstić information content (AvgIpc) is 3.08. The molecular weight excluding hydrogens is 218 g/mol. The van der Waals surface area contributed by atoms with Gasteiger partial charge in [0.25, 0.3) is 0 Å². The van der Waals surface area contributed by atoms with Crippen LogP contribution in [0.5, 0.6) is 11.5 Å². The van der Waals surface area contributed by atoms with E-state index in [9.17, 15) is 4.79 Å². The Hall–Kier alpha value is -1.80. The summed E-state index contributed by atoms with van der Waals surface area (Å²) in [5, 5.41) is 0. The van der Waals surface area contributed by atoms with Crippen LogP contribution in [0.4, 0.5) is 0 Å². The highest BCUT2D eigenvalue weighted by molar-refractivity contribution is 5.56. The predicted molar refractivity (Wildman–Crippen MR) is 63.3 cm³/mol. The van der Waals surface area contributed by atoms with E-state index in [4.69, 9.17) is 9.47 Å². The van der Waals surface area contributed by atoms with Crippen LogP contribution in [0, 0.1) is 6.92 Å². The SMILES string of the molecule is COc1cc(C)cc(OC)c1C1(N=C=O)CC1. The number of methoxy groups -OCH3 is 2. The first-order valence-corrected chi connectivity index (χ1v) is 5.49. The Morgan fingerprint density at radius 2 is 1.76 bits per heavy atom. The molecule has 0 spiro atoms. The molecule has 0 atom stereocenters. The van der Waals surface area contributed by atoms with Gasteiger partial charge in [-0.05, 0) is 37.5 Å². The van der Waals surface area contributed by atoms with Crippen LogP contribution in [0.2, 0.25) is 0 Å². The molecule has 1 saturated carbocycles. The van der Waals surface area contributed by atoms with Crippen molar-refractivity contribution in [3.63, 3.8) is 0 Å². The lowest BCUT2D eigenvalue weighted by Crippen LogP contribution is -2.08. The molecule has 0 unspecified atom stereocenters. The van der Waals surface area contributed by atoms with Crippen molar-refractivity contribution in [1.82, 2.24) is 0 Å². The zero-order chi connectivity index (χ0) is 12.5. The van der Waals surface area contributed by atoms with Crippen molar-refractivity contribution in [2.24, 2.45) is 4.99 Å². The molecule has 0 aliphatic heterocycles. The molecule has 0 bridgehead atoms. The van der Waals surface area contributed by atoms with Gasteiger partial charge in [0.1, 0.15) is 17.0 Å². The summed E-state index contributed by atoms with van der Waals surface area (Å²) in [5.41, 5.74) is 1.43. The van der Waals surface area contributed by atoms with E-state index in [0.717, 1.165) is 35.5 Å². The molecule has 1 aromatic carbocycles. The van der Waals surface area contributed by atoms with Crippen LogP contribution in [0.25, 0.3) is 0 Å². The van der Waals surface area contributed by atoms with Crippen LogP contribution in [0.15, 0.2) is 17.1 Å². The molecule has 2 rings (SSSR count). The smallest absolute Gasteiger partial charge is 0.235 e. The van der Waals surface area contributed by atoms with Crippen LogP contribution < -0.4 is 9.47 Å². The maximum absolute atomic E-state index is 10.5. The Morgan fingerprint density at radius 1 is 1.24 bits per heavy atom. The van der Waals surface area contributed by atoms with E-state index in [1.54, 1.807) is 20.3 Å². The molecule has 0 saturated heterocycles. The van der Waals surface area contributed by atoms with E-state index in [0.29, 0.717) is 0 Å². The maximum Gasteiger partial charge on any atom is 0.235 e. The molecule has 1 fully saturated rings. The minimum atomic E-state index is -0.480. The van der Waals surface area contributed by atoms with Crippen molar-refractivity contribution in [2.75, 3.05) is 14.2 Å². The normalized spacial score (nSPS) is 15.9. The summed E-state index contributed by atoms with van der Waals surface area (Å²) in [7, 11) is 3.22. The van der Waals surface area contributed by atoms with Gasteiger partial charge in [0.15, 0.2) is 0 Å². The third-order valence-electron chi connectivity index (χ3n) is 3.10. The summed E-state index contributed by atoms with van der Waals surface area (Å²) in [6, 6.07) is 3.86. The van der Waals surface area contributed by atoms with Gasteiger partial charge in [0, 0.05) is 0 Å². The summed E-state index contributed by atoms with van der Waals surface area (Å²) in [6.45, 7) is 1.97. The molecule has 4 heteroatoms. The van der Waals surface area contributed by atoms with Gasteiger partial charge in [0.05, 0.1) is 19.8 Å². The molecule has 0 N–H and O–H groups in total. The fourth-order valence-corrected chi connectivity index (χ4v) is 2.13. The number of hydrogen-bond donors (Lipinski definition) is 0. The van der Waals surface area contributed by atoms with E-state index in [2.05, 4.69) is 4.99 Å². The molecule has 1 aliphatic rings. The highest BCUT2D eigenvalue weighted by atomic mass is 16.5. The minimum Gasteiger partial charge on any atom is -0.496 e. The van der Waals surface area contributed by atoms with Gasteiger partial charge in [-0.1, -0.05) is 0 Å². The van der Waals surface area contributed by atoms with E-state index in [1.165, 1.54) is 0 Å². The lowest BCUT2D eigenvalue weighted by Gasteiger charge is -2.18. The zero-order valence-corrected chi connectivity index (χ0v) is 10.2. The number of nitrogens with zero attached hydrogens (tertiary/aromatic N) is 1. The molecule has 90 valence electrons. The molecular formula is C13H15NO3.